The molecule has 12 heavy (non-hydrogen) atoms. The maximum Gasteiger partial charge on any atom is 0.126 e. The number of nitrogens with zero attached hydrogens (tertiary/aromatic N) is 1. The lowest BCUT2D eigenvalue weighted by molar-refractivity contribution is 0.306. The zero-order valence-corrected chi connectivity index (χ0v) is 7.59. The average Bonchev–Trinajstić information content (AvgIpc) is 2.16. The number of halogens is 1. The highest BCUT2D eigenvalue weighted by atomic mass is 19.1. The summed E-state index contributed by atoms with van der Waals surface area (Å²) >= 11 is 0. The normalized spacial score (nSPS) is 30.2. The third-order valence-electron chi connectivity index (χ3n) is 2.52. The SMILES string of the molecule is C=CC(F)C1CCCCC1=NC. The summed E-state index contributed by atoms with van der Waals surface area (Å²) in [6.07, 6.45) is 4.67. The van der Waals surface area contributed by atoms with Crippen molar-refractivity contribution in [2.24, 2.45) is 10.9 Å². The van der Waals surface area contributed by atoms with Gasteiger partial charge in [0.1, 0.15) is 6.17 Å². The summed E-state index contributed by atoms with van der Waals surface area (Å²) in [7, 11) is 1.75. The van der Waals surface area contributed by atoms with Crippen LogP contribution in [0.2, 0.25) is 0 Å². The number of hydrogen-bond acceptors (Lipinski definition) is 1. The highest BCUT2D eigenvalue weighted by molar-refractivity contribution is 5.88. The second-order valence-corrected chi connectivity index (χ2v) is 3.25. The number of rotatable bonds is 2. The van der Waals surface area contributed by atoms with Crippen molar-refractivity contribution in [1.82, 2.24) is 0 Å². The summed E-state index contributed by atoms with van der Waals surface area (Å²) in [5.74, 6) is 0.0150. The Morgan fingerprint density at radius 1 is 1.67 bits per heavy atom. The molecule has 1 fully saturated rings. The zero-order valence-electron chi connectivity index (χ0n) is 7.59. The molecule has 0 aliphatic heterocycles. The van der Waals surface area contributed by atoms with Crippen LogP contribution in [0.25, 0.3) is 0 Å². The lowest BCUT2D eigenvalue weighted by Gasteiger charge is -2.25. The molecule has 2 atom stereocenters. The molecule has 2 heteroatoms. The largest absolute Gasteiger partial charge is 0.297 e. The Morgan fingerprint density at radius 3 is 3.00 bits per heavy atom. The Bertz CT molecular complexity index is 186. The van der Waals surface area contributed by atoms with Crippen LogP contribution >= 0.6 is 0 Å². The minimum Gasteiger partial charge on any atom is -0.297 e. The van der Waals surface area contributed by atoms with Gasteiger partial charge >= 0.3 is 0 Å². The highest BCUT2D eigenvalue weighted by Crippen LogP contribution is 2.26. The maximum absolute atomic E-state index is 13.3. The van der Waals surface area contributed by atoms with E-state index < -0.39 is 6.17 Å². The second-order valence-electron chi connectivity index (χ2n) is 3.25. The van der Waals surface area contributed by atoms with Crippen LogP contribution in [0.4, 0.5) is 4.39 Å². The third-order valence-corrected chi connectivity index (χ3v) is 2.52. The molecule has 0 bridgehead atoms. The van der Waals surface area contributed by atoms with E-state index in [-0.39, 0.29) is 5.92 Å². The zero-order chi connectivity index (χ0) is 8.97. The molecule has 1 aliphatic carbocycles. The second kappa shape index (κ2) is 4.39. The first-order valence-electron chi connectivity index (χ1n) is 4.51. The Labute approximate surface area is 73.4 Å². The van der Waals surface area contributed by atoms with Crippen molar-refractivity contribution in [2.75, 3.05) is 7.05 Å². The van der Waals surface area contributed by atoms with Crippen molar-refractivity contribution in [1.29, 1.82) is 0 Å². The van der Waals surface area contributed by atoms with E-state index in [0.29, 0.717) is 0 Å². The quantitative estimate of drug-likeness (QED) is 0.564. The molecule has 1 rings (SSSR count). The molecule has 0 saturated heterocycles. The van der Waals surface area contributed by atoms with Gasteiger partial charge in [0.25, 0.3) is 0 Å². The fourth-order valence-electron chi connectivity index (χ4n) is 1.81. The molecule has 0 radical (unpaired) electrons. The van der Waals surface area contributed by atoms with E-state index in [4.69, 9.17) is 0 Å². The van der Waals surface area contributed by atoms with Gasteiger partial charge in [-0.15, -0.1) is 6.58 Å². The first-order valence-corrected chi connectivity index (χ1v) is 4.51. The van der Waals surface area contributed by atoms with Crippen molar-refractivity contribution in [3.05, 3.63) is 12.7 Å². The van der Waals surface area contributed by atoms with Crippen molar-refractivity contribution in [3.8, 4) is 0 Å². The fraction of sp³-hybridized carbons (Fsp3) is 0.700. The summed E-state index contributed by atoms with van der Waals surface area (Å²) < 4.78 is 13.3. The van der Waals surface area contributed by atoms with Gasteiger partial charge in [0, 0.05) is 18.7 Å². The molecule has 1 nitrogen and oxygen atoms in total. The van der Waals surface area contributed by atoms with Gasteiger partial charge in [0.05, 0.1) is 0 Å². The van der Waals surface area contributed by atoms with Crippen molar-refractivity contribution < 1.29 is 4.39 Å². The fourth-order valence-corrected chi connectivity index (χ4v) is 1.81. The van der Waals surface area contributed by atoms with Gasteiger partial charge in [-0.3, -0.25) is 4.99 Å². The third kappa shape index (κ3) is 1.93. The Hall–Kier alpha value is -0.660. The van der Waals surface area contributed by atoms with Gasteiger partial charge in [0.2, 0.25) is 0 Å². The molecule has 0 N–H and O–H groups in total. The van der Waals surface area contributed by atoms with E-state index in [1.165, 1.54) is 6.08 Å². The molecule has 0 aromatic heterocycles. The molecule has 2 unspecified atom stereocenters. The first kappa shape index (κ1) is 9.43. The Morgan fingerprint density at radius 2 is 2.42 bits per heavy atom. The number of aliphatic imine (C=N–C) groups is 1. The van der Waals surface area contributed by atoms with Crippen LogP contribution in [0, 0.1) is 5.92 Å². The Balaban J connectivity index is 2.65. The van der Waals surface area contributed by atoms with Crippen LogP contribution in [-0.2, 0) is 0 Å². The first-order chi connectivity index (χ1) is 5.79. The van der Waals surface area contributed by atoms with E-state index >= 15 is 0 Å². The summed E-state index contributed by atoms with van der Waals surface area (Å²) in [5.41, 5.74) is 1.04. The van der Waals surface area contributed by atoms with E-state index in [1.807, 2.05) is 0 Å². The summed E-state index contributed by atoms with van der Waals surface area (Å²) in [6, 6.07) is 0. The van der Waals surface area contributed by atoms with Gasteiger partial charge in [0.15, 0.2) is 0 Å². The maximum atomic E-state index is 13.3. The van der Waals surface area contributed by atoms with Crippen molar-refractivity contribution in [3.63, 3.8) is 0 Å². The molecule has 0 aromatic carbocycles. The molecular weight excluding hydrogens is 153 g/mol. The lowest BCUT2D eigenvalue weighted by Crippen LogP contribution is -2.27. The van der Waals surface area contributed by atoms with Crippen LogP contribution in [0.5, 0.6) is 0 Å². The summed E-state index contributed by atoms with van der Waals surface area (Å²) in [6.45, 7) is 3.47. The van der Waals surface area contributed by atoms with Gasteiger partial charge in [-0.2, -0.15) is 0 Å². The van der Waals surface area contributed by atoms with Gasteiger partial charge < -0.3 is 0 Å². The van der Waals surface area contributed by atoms with Crippen LogP contribution < -0.4 is 0 Å². The number of hydrogen-bond donors (Lipinski definition) is 0. The smallest absolute Gasteiger partial charge is 0.126 e. The predicted molar refractivity (Wildman–Crippen MR) is 50.4 cm³/mol. The minimum atomic E-state index is -0.899. The van der Waals surface area contributed by atoms with E-state index in [9.17, 15) is 4.39 Å². The molecular formula is C10H16FN. The molecule has 1 aliphatic rings. The van der Waals surface area contributed by atoms with Gasteiger partial charge in [-0.05, 0) is 19.3 Å². The topological polar surface area (TPSA) is 12.4 Å². The van der Waals surface area contributed by atoms with E-state index in [1.54, 1.807) is 7.05 Å². The van der Waals surface area contributed by atoms with Crippen molar-refractivity contribution in [2.45, 2.75) is 31.9 Å². The molecule has 1 saturated carbocycles. The minimum absolute atomic E-state index is 0.0150. The molecule has 0 amide bonds. The summed E-state index contributed by atoms with van der Waals surface area (Å²) in [4.78, 5) is 4.13. The molecule has 0 aromatic rings. The van der Waals surface area contributed by atoms with Crippen LogP contribution in [-0.4, -0.2) is 18.9 Å². The lowest BCUT2D eigenvalue weighted by atomic mass is 9.84. The Kier molecular flexibility index (Phi) is 3.45. The van der Waals surface area contributed by atoms with E-state index in [0.717, 1.165) is 31.4 Å². The number of alkyl halides is 1. The monoisotopic (exact) mass is 169 g/mol. The molecule has 0 heterocycles. The van der Waals surface area contributed by atoms with Crippen molar-refractivity contribution >= 4 is 5.71 Å². The predicted octanol–water partition coefficient (Wildman–Crippen LogP) is 2.77. The standard InChI is InChI=1S/C10H16FN/c1-3-9(11)8-6-4-5-7-10(8)12-2/h3,8-9H,1,4-7H2,2H3. The average molecular weight is 169 g/mol. The molecule has 68 valence electrons. The highest BCUT2D eigenvalue weighted by Gasteiger charge is 2.25. The molecule has 0 spiro atoms. The van der Waals surface area contributed by atoms with E-state index in [2.05, 4.69) is 11.6 Å². The van der Waals surface area contributed by atoms with Gasteiger partial charge in [-0.1, -0.05) is 12.5 Å². The van der Waals surface area contributed by atoms with Crippen LogP contribution in [0.15, 0.2) is 17.6 Å². The van der Waals surface area contributed by atoms with Gasteiger partial charge in [-0.25, -0.2) is 4.39 Å². The van der Waals surface area contributed by atoms with Crippen LogP contribution in [0.3, 0.4) is 0 Å². The summed E-state index contributed by atoms with van der Waals surface area (Å²) in [5, 5.41) is 0. The van der Waals surface area contributed by atoms with Crippen LogP contribution in [0.1, 0.15) is 25.7 Å². The number of allylic oxidation sites excluding steroid dienone is 1.